The summed E-state index contributed by atoms with van der Waals surface area (Å²) in [5.74, 6) is 0.240. The second-order valence-corrected chi connectivity index (χ2v) is 10.1. The Hall–Kier alpha value is -2.16. The number of fused-ring (bicyclic) bond motifs is 1. The maximum absolute atomic E-state index is 12.4. The molecule has 0 aliphatic heterocycles. The normalized spacial score (nSPS) is 12.5. The van der Waals surface area contributed by atoms with Gasteiger partial charge in [-0.3, -0.25) is 4.79 Å². The Labute approximate surface area is 178 Å². The molecule has 0 atom stereocenters. The molecule has 29 heavy (non-hydrogen) atoms. The summed E-state index contributed by atoms with van der Waals surface area (Å²) in [4.78, 5) is 17.3. The van der Waals surface area contributed by atoms with E-state index in [1.807, 2.05) is 30.7 Å². The molecule has 0 unspecified atom stereocenters. The lowest BCUT2D eigenvalue weighted by atomic mass is 10.2. The molecular weight excluding hydrogens is 432 g/mol. The van der Waals surface area contributed by atoms with Gasteiger partial charge in [0.25, 0.3) is 0 Å². The van der Waals surface area contributed by atoms with Crippen LogP contribution in [0.1, 0.15) is 18.4 Å². The van der Waals surface area contributed by atoms with Gasteiger partial charge in [-0.05, 0) is 49.2 Å². The number of hydrogen-bond donors (Lipinski definition) is 0. The van der Waals surface area contributed by atoms with Gasteiger partial charge in [0.1, 0.15) is 11.3 Å². The number of halogens is 1. The molecule has 1 amide bonds. The van der Waals surface area contributed by atoms with E-state index in [9.17, 15) is 13.2 Å². The third-order valence-corrected chi connectivity index (χ3v) is 7.86. The van der Waals surface area contributed by atoms with Gasteiger partial charge in [0, 0.05) is 18.5 Å². The molecule has 0 aliphatic carbocycles. The number of sulfone groups is 1. The number of nitrogens with zero attached hydrogens (tertiary/aromatic N) is 2. The zero-order chi connectivity index (χ0) is 21.2. The van der Waals surface area contributed by atoms with E-state index in [4.69, 9.17) is 16.3 Å². The topological polar surface area (TPSA) is 77.7 Å². The van der Waals surface area contributed by atoms with Gasteiger partial charge in [-0.2, -0.15) is 4.99 Å². The Balaban J connectivity index is 1.75. The molecule has 0 bridgehead atoms. The molecular formula is C20H21ClN2O4S2. The minimum atomic E-state index is -3.46. The molecule has 0 fully saturated rings. The third-order valence-electron chi connectivity index (χ3n) is 4.52. The van der Waals surface area contributed by atoms with E-state index >= 15 is 0 Å². The molecule has 0 aliphatic rings. The van der Waals surface area contributed by atoms with Crippen LogP contribution >= 0.6 is 22.9 Å². The Morgan fingerprint density at radius 3 is 2.55 bits per heavy atom. The number of ether oxygens (including phenoxy) is 1. The van der Waals surface area contributed by atoms with E-state index in [2.05, 4.69) is 4.99 Å². The van der Waals surface area contributed by atoms with Gasteiger partial charge in [-0.15, -0.1) is 0 Å². The van der Waals surface area contributed by atoms with Gasteiger partial charge in [0.05, 0.1) is 22.5 Å². The summed E-state index contributed by atoms with van der Waals surface area (Å²) in [6.07, 6.45) is 0.251. The van der Waals surface area contributed by atoms with Crippen LogP contribution in [0.3, 0.4) is 0 Å². The van der Waals surface area contributed by atoms with Crippen LogP contribution in [0.2, 0.25) is 5.02 Å². The smallest absolute Gasteiger partial charge is 0.248 e. The maximum atomic E-state index is 12.4. The fourth-order valence-electron chi connectivity index (χ4n) is 2.95. The summed E-state index contributed by atoms with van der Waals surface area (Å²) in [6.45, 7) is 1.99. The molecule has 2 aromatic carbocycles. The van der Waals surface area contributed by atoms with Crippen molar-refractivity contribution >= 4 is 48.9 Å². The van der Waals surface area contributed by atoms with Gasteiger partial charge < -0.3 is 9.30 Å². The monoisotopic (exact) mass is 452 g/mol. The zero-order valence-corrected chi connectivity index (χ0v) is 18.7. The Kier molecular flexibility index (Phi) is 6.45. The minimum Gasteiger partial charge on any atom is -0.495 e. The Morgan fingerprint density at radius 2 is 1.90 bits per heavy atom. The first-order chi connectivity index (χ1) is 13.7. The lowest BCUT2D eigenvalue weighted by Crippen LogP contribution is -2.14. The molecule has 1 aromatic heterocycles. The predicted molar refractivity (Wildman–Crippen MR) is 115 cm³/mol. The van der Waals surface area contributed by atoms with Crippen molar-refractivity contribution in [2.24, 2.45) is 12.0 Å². The highest BCUT2D eigenvalue weighted by Crippen LogP contribution is 2.29. The summed E-state index contributed by atoms with van der Waals surface area (Å²) >= 11 is 7.21. The number of aryl methyl sites for hydroxylation is 2. The van der Waals surface area contributed by atoms with Crippen molar-refractivity contribution in [2.75, 3.05) is 12.9 Å². The molecule has 0 saturated heterocycles. The molecule has 154 valence electrons. The van der Waals surface area contributed by atoms with Crippen LogP contribution in [0.25, 0.3) is 10.2 Å². The van der Waals surface area contributed by atoms with E-state index in [0.29, 0.717) is 15.6 Å². The average molecular weight is 453 g/mol. The highest BCUT2D eigenvalue weighted by Gasteiger charge is 2.16. The lowest BCUT2D eigenvalue weighted by Gasteiger charge is -2.05. The standard InChI is InChI=1S/C20H21ClN2O4S2/c1-13-6-11-16(27-3)18-19(13)28-20(23(18)2)22-17(24)5-4-12-29(25,26)15-9-7-14(21)8-10-15/h6-11H,4-5,12H2,1-3H3. The highest BCUT2D eigenvalue weighted by atomic mass is 35.5. The van der Waals surface area contributed by atoms with Crippen molar-refractivity contribution < 1.29 is 17.9 Å². The van der Waals surface area contributed by atoms with E-state index in [0.717, 1.165) is 15.8 Å². The van der Waals surface area contributed by atoms with E-state index in [1.54, 1.807) is 7.11 Å². The molecule has 0 spiro atoms. The van der Waals surface area contributed by atoms with Crippen LogP contribution in [-0.4, -0.2) is 31.8 Å². The minimum absolute atomic E-state index is 0.0528. The number of aromatic nitrogens is 1. The van der Waals surface area contributed by atoms with Crippen LogP contribution in [0.15, 0.2) is 46.3 Å². The summed E-state index contributed by atoms with van der Waals surface area (Å²) in [6, 6.07) is 9.86. The van der Waals surface area contributed by atoms with Crippen molar-refractivity contribution in [2.45, 2.75) is 24.7 Å². The number of benzene rings is 2. The van der Waals surface area contributed by atoms with Gasteiger partial charge in [0.2, 0.25) is 5.91 Å². The molecule has 9 heteroatoms. The molecule has 3 rings (SSSR count). The van der Waals surface area contributed by atoms with Gasteiger partial charge in [-0.1, -0.05) is 29.0 Å². The second kappa shape index (κ2) is 8.69. The number of carbonyl (C=O) groups is 1. The van der Waals surface area contributed by atoms with Crippen molar-refractivity contribution in [1.29, 1.82) is 0 Å². The molecule has 6 nitrogen and oxygen atoms in total. The average Bonchev–Trinajstić information content (AvgIpc) is 3.00. The molecule has 3 aromatic rings. The lowest BCUT2D eigenvalue weighted by molar-refractivity contribution is -0.118. The highest BCUT2D eigenvalue weighted by molar-refractivity contribution is 7.91. The van der Waals surface area contributed by atoms with Crippen molar-refractivity contribution in [1.82, 2.24) is 4.57 Å². The van der Waals surface area contributed by atoms with E-state index < -0.39 is 9.84 Å². The number of amides is 1. The summed E-state index contributed by atoms with van der Waals surface area (Å²) in [5, 5.41) is 0.473. The molecule has 0 N–H and O–H groups in total. The SMILES string of the molecule is COc1ccc(C)c2sc(=NC(=O)CCCS(=O)(=O)c3ccc(Cl)cc3)n(C)c12. The van der Waals surface area contributed by atoms with Crippen molar-refractivity contribution in [3.63, 3.8) is 0 Å². The Bertz CT molecular complexity index is 1230. The number of methoxy groups -OCH3 is 1. The number of thiazole rings is 1. The molecule has 0 saturated carbocycles. The van der Waals surface area contributed by atoms with Gasteiger partial charge >= 0.3 is 0 Å². The molecule has 0 radical (unpaired) electrons. The number of rotatable bonds is 6. The van der Waals surface area contributed by atoms with Crippen LogP contribution in [0.4, 0.5) is 0 Å². The quantitative estimate of drug-likeness (QED) is 0.568. The summed E-state index contributed by atoms with van der Waals surface area (Å²) in [7, 11) is -0.0272. The largest absolute Gasteiger partial charge is 0.495 e. The first-order valence-corrected chi connectivity index (χ1v) is 11.8. The fraction of sp³-hybridized carbons (Fsp3) is 0.300. The van der Waals surface area contributed by atoms with Crippen LogP contribution in [0, 0.1) is 6.92 Å². The van der Waals surface area contributed by atoms with Gasteiger partial charge in [-0.25, -0.2) is 8.42 Å². The van der Waals surface area contributed by atoms with E-state index in [1.165, 1.54) is 35.6 Å². The zero-order valence-electron chi connectivity index (χ0n) is 16.3. The van der Waals surface area contributed by atoms with Crippen molar-refractivity contribution in [3.8, 4) is 5.75 Å². The first kappa shape index (κ1) is 21.5. The third kappa shape index (κ3) is 4.71. The maximum Gasteiger partial charge on any atom is 0.248 e. The second-order valence-electron chi connectivity index (χ2n) is 6.59. The van der Waals surface area contributed by atoms with Crippen LogP contribution < -0.4 is 9.54 Å². The van der Waals surface area contributed by atoms with Crippen LogP contribution in [-0.2, 0) is 21.7 Å². The molecule has 1 heterocycles. The van der Waals surface area contributed by atoms with Crippen molar-refractivity contribution in [3.05, 3.63) is 51.8 Å². The number of hydrogen-bond acceptors (Lipinski definition) is 5. The summed E-state index contributed by atoms with van der Waals surface area (Å²) < 4.78 is 33.0. The predicted octanol–water partition coefficient (Wildman–Crippen LogP) is 3.89. The van der Waals surface area contributed by atoms with Crippen LogP contribution in [0.5, 0.6) is 5.75 Å². The fourth-order valence-corrected chi connectivity index (χ4v) is 5.51. The van der Waals surface area contributed by atoms with E-state index in [-0.39, 0.29) is 29.4 Å². The number of carbonyl (C=O) groups excluding carboxylic acids is 1. The Morgan fingerprint density at radius 1 is 1.21 bits per heavy atom. The van der Waals surface area contributed by atoms with Gasteiger partial charge in [0.15, 0.2) is 14.6 Å². The summed E-state index contributed by atoms with van der Waals surface area (Å²) in [5.41, 5.74) is 1.96. The first-order valence-electron chi connectivity index (χ1n) is 8.92.